The zero-order chi connectivity index (χ0) is 20.1. The van der Waals surface area contributed by atoms with Gasteiger partial charge in [-0.2, -0.15) is 0 Å². The second-order valence-electron chi connectivity index (χ2n) is 6.72. The summed E-state index contributed by atoms with van der Waals surface area (Å²) in [6.07, 6.45) is 2.62. The number of aromatic nitrogens is 4. The number of H-pyrrole nitrogens is 1. The van der Waals surface area contributed by atoms with E-state index in [1.54, 1.807) is 11.6 Å². The summed E-state index contributed by atoms with van der Waals surface area (Å²) < 4.78 is 7.90. The van der Waals surface area contributed by atoms with E-state index in [9.17, 15) is 14.4 Å². The highest BCUT2D eigenvalue weighted by molar-refractivity contribution is 5.79. The van der Waals surface area contributed by atoms with E-state index in [4.69, 9.17) is 4.74 Å². The Balaban J connectivity index is 2.70. The maximum Gasteiger partial charge on any atom is 0.329 e. The van der Waals surface area contributed by atoms with Crippen LogP contribution in [-0.2, 0) is 23.1 Å². The lowest BCUT2D eigenvalue weighted by Crippen LogP contribution is -3.10. The van der Waals surface area contributed by atoms with Gasteiger partial charge in [0.25, 0.3) is 5.56 Å². The van der Waals surface area contributed by atoms with Crippen molar-refractivity contribution < 1.29 is 14.4 Å². The average molecular weight is 380 g/mol. The fourth-order valence-electron chi connectivity index (χ4n) is 3.34. The lowest BCUT2D eigenvalue weighted by atomic mass is 10.2. The van der Waals surface area contributed by atoms with Crippen LogP contribution in [0.4, 0.5) is 0 Å². The van der Waals surface area contributed by atoms with E-state index in [0.717, 1.165) is 25.9 Å². The maximum absolute atomic E-state index is 12.6. The second-order valence-corrected chi connectivity index (χ2v) is 6.72. The van der Waals surface area contributed by atoms with Crippen LogP contribution >= 0.6 is 0 Å². The number of methoxy groups -OCH3 is 1. The minimum atomic E-state index is -0.669. The molecule has 2 heterocycles. The molecule has 9 nitrogen and oxygen atoms in total. The van der Waals surface area contributed by atoms with Gasteiger partial charge in [0.2, 0.25) is 0 Å². The van der Waals surface area contributed by atoms with Crippen molar-refractivity contribution in [3.05, 3.63) is 26.7 Å². The summed E-state index contributed by atoms with van der Waals surface area (Å²) in [6.45, 7) is 8.52. The summed E-state index contributed by atoms with van der Waals surface area (Å²) in [7, 11) is 2.89. The third kappa shape index (κ3) is 4.13. The number of carbonyl (C=O) groups excluding carboxylic acids is 1. The van der Waals surface area contributed by atoms with Gasteiger partial charge >= 0.3 is 11.7 Å². The first-order valence-electron chi connectivity index (χ1n) is 9.50. The van der Waals surface area contributed by atoms with Crippen LogP contribution in [0.3, 0.4) is 0 Å². The predicted octanol–water partition coefficient (Wildman–Crippen LogP) is -0.248. The first-order valence-corrected chi connectivity index (χ1v) is 9.50. The lowest BCUT2D eigenvalue weighted by molar-refractivity contribution is -0.913. The van der Waals surface area contributed by atoms with Gasteiger partial charge < -0.3 is 14.2 Å². The molecule has 9 heteroatoms. The number of quaternary nitrogens is 1. The number of unbranched alkanes of at least 4 members (excludes halogenated alkanes) is 1. The van der Waals surface area contributed by atoms with Crippen molar-refractivity contribution in [2.75, 3.05) is 20.2 Å². The van der Waals surface area contributed by atoms with Gasteiger partial charge in [0.05, 0.1) is 20.2 Å². The summed E-state index contributed by atoms with van der Waals surface area (Å²) in [6, 6.07) is -0.669. The van der Waals surface area contributed by atoms with Crippen molar-refractivity contribution >= 4 is 17.1 Å². The molecule has 27 heavy (non-hydrogen) atoms. The molecule has 2 atom stereocenters. The number of rotatable bonds is 9. The Morgan fingerprint density at radius 3 is 2.56 bits per heavy atom. The van der Waals surface area contributed by atoms with E-state index >= 15 is 0 Å². The second kappa shape index (κ2) is 8.98. The fraction of sp³-hybridized carbons (Fsp3) is 0.667. The quantitative estimate of drug-likeness (QED) is 0.584. The molecule has 0 aliphatic carbocycles. The van der Waals surface area contributed by atoms with Gasteiger partial charge in [0.15, 0.2) is 17.0 Å². The first kappa shape index (κ1) is 20.9. The number of carbonyl (C=O) groups is 1. The minimum absolute atomic E-state index is 0.232. The van der Waals surface area contributed by atoms with Crippen LogP contribution in [0.2, 0.25) is 0 Å². The highest BCUT2D eigenvalue weighted by atomic mass is 16.5. The van der Waals surface area contributed by atoms with E-state index in [-0.39, 0.29) is 11.2 Å². The Labute approximate surface area is 158 Å². The third-order valence-electron chi connectivity index (χ3n) is 4.99. The Morgan fingerprint density at radius 2 is 2.00 bits per heavy atom. The van der Waals surface area contributed by atoms with E-state index < -0.39 is 23.3 Å². The van der Waals surface area contributed by atoms with Crippen molar-refractivity contribution in [2.24, 2.45) is 7.05 Å². The predicted molar refractivity (Wildman–Crippen MR) is 102 cm³/mol. The van der Waals surface area contributed by atoms with Crippen LogP contribution < -0.4 is 16.1 Å². The summed E-state index contributed by atoms with van der Waals surface area (Å²) in [4.78, 5) is 45.1. The number of ether oxygens (including phenoxy) is 1. The molecule has 0 aromatic carbocycles. The molecule has 2 aromatic heterocycles. The molecule has 2 aromatic rings. The molecule has 0 spiro atoms. The lowest BCUT2D eigenvalue weighted by Gasteiger charge is -2.21. The molecule has 0 amide bonds. The summed E-state index contributed by atoms with van der Waals surface area (Å²) in [5.41, 5.74) is -0.552. The number of imidazole rings is 1. The number of esters is 1. The van der Waals surface area contributed by atoms with Crippen LogP contribution in [-0.4, -0.2) is 45.3 Å². The molecule has 0 aliphatic rings. The SMILES string of the molecule is CCCC[NH+](CC)Cc1nc2c(c(=O)[nH]c(=O)n2C)n1[C@@H](CC)C(=O)OC. The van der Waals surface area contributed by atoms with E-state index in [2.05, 4.69) is 23.8 Å². The zero-order valence-corrected chi connectivity index (χ0v) is 16.8. The summed E-state index contributed by atoms with van der Waals surface area (Å²) in [5, 5.41) is 0. The number of nitrogens with zero attached hydrogens (tertiary/aromatic N) is 3. The highest BCUT2D eigenvalue weighted by Gasteiger charge is 2.29. The van der Waals surface area contributed by atoms with Gasteiger partial charge in [0.1, 0.15) is 12.6 Å². The number of aromatic amines is 1. The number of nitrogens with one attached hydrogen (secondary N) is 2. The van der Waals surface area contributed by atoms with E-state index in [0.29, 0.717) is 18.8 Å². The Kier molecular flexibility index (Phi) is 6.95. The molecule has 2 rings (SSSR count). The van der Waals surface area contributed by atoms with Gasteiger partial charge in [-0.1, -0.05) is 20.3 Å². The molecule has 150 valence electrons. The van der Waals surface area contributed by atoms with Gasteiger partial charge in [-0.3, -0.25) is 14.3 Å². The summed E-state index contributed by atoms with van der Waals surface area (Å²) >= 11 is 0. The number of aryl methyl sites for hydroxylation is 1. The minimum Gasteiger partial charge on any atom is -0.467 e. The highest BCUT2D eigenvalue weighted by Crippen LogP contribution is 2.21. The molecule has 0 radical (unpaired) electrons. The average Bonchev–Trinajstić information content (AvgIpc) is 3.03. The monoisotopic (exact) mass is 380 g/mol. The molecule has 1 unspecified atom stereocenters. The van der Waals surface area contributed by atoms with Crippen molar-refractivity contribution in [3.63, 3.8) is 0 Å². The van der Waals surface area contributed by atoms with E-state index in [1.165, 1.54) is 16.6 Å². The van der Waals surface area contributed by atoms with Crippen LogP contribution in [0.1, 0.15) is 51.9 Å². The number of fused-ring (bicyclic) bond motifs is 1. The molecule has 0 bridgehead atoms. The van der Waals surface area contributed by atoms with Gasteiger partial charge in [-0.15, -0.1) is 0 Å². The Bertz CT molecular complexity index is 911. The van der Waals surface area contributed by atoms with Crippen molar-refractivity contribution in [3.8, 4) is 0 Å². The number of hydrogen-bond donors (Lipinski definition) is 2. The van der Waals surface area contributed by atoms with Crippen molar-refractivity contribution in [1.82, 2.24) is 19.1 Å². The summed E-state index contributed by atoms with van der Waals surface area (Å²) in [5.74, 6) is 0.180. The largest absolute Gasteiger partial charge is 0.467 e. The molecule has 0 fully saturated rings. The molecule has 0 saturated heterocycles. The smallest absolute Gasteiger partial charge is 0.329 e. The first-order chi connectivity index (χ1) is 12.9. The fourth-order valence-corrected chi connectivity index (χ4v) is 3.34. The van der Waals surface area contributed by atoms with Crippen LogP contribution in [0.25, 0.3) is 11.2 Å². The van der Waals surface area contributed by atoms with Crippen LogP contribution in [0.5, 0.6) is 0 Å². The van der Waals surface area contributed by atoms with Gasteiger partial charge in [-0.05, 0) is 19.8 Å². The van der Waals surface area contributed by atoms with Gasteiger partial charge in [0, 0.05) is 7.05 Å². The standard InChI is InChI=1S/C18H29N5O4/c1-6-9-10-22(8-3)11-13-19-15-14(16(24)20-18(26)21(15)4)23(13)12(7-2)17(25)27-5/h12H,6-11H2,1-5H3,(H,20,24,26)/p+1/t12-/m0/s1. The van der Waals surface area contributed by atoms with E-state index in [1.807, 2.05) is 6.92 Å². The normalized spacial score (nSPS) is 13.7. The van der Waals surface area contributed by atoms with Crippen LogP contribution in [0.15, 0.2) is 9.59 Å². The molecular formula is C18H30N5O4+. The zero-order valence-electron chi connectivity index (χ0n) is 16.8. The van der Waals surface area contributed by atoms with Gasteiger partial charge in [-0.25, -0.2) is 14.6 Å². The van der Waals surface area contributed by atoms with Crippen LogP contribution in [0, 0.1) is 0 Å². The van der Waals surface area contributed by atoms with Crippen molar-refractivity contribution in [2.45, 2.75) is 52.6 Å². The molecule has 0 aliphatic heterocycles. The molecular weight excluding hydrogens is 350 g/mol. The molecule has 0 saturated carbocycles. The number of hydrogen-bond acceptors (Lipinski definition) is 5. The molecule has 2 N–H and O–H groups in total. The third-order valence-corrected chi connectivity index (χ3v) is 4.99. The van der Waals surface area contributed by atoms with Crippen molar-refractivity contribution in [1.29, 1.82) is 0 Å². The maximum atomic E-state index is 12.6. The Morgan fingerprint density at radius 1 is 1.30 bits per heavy atom. The Hall–Kier alpha value is -2.42. The topological polar surface area (TPSA) is 103 Å².